The predicted molar refractivity (Wildman–Crippen MR) is 99.7 cm³/mol. The molecule has 3 rings (SSSR count). The van der Waals surface area contributed by atoms with Crippen molar-refractivity contribution in [2.45, 2.75) is 6.04 Å². The van der Waals surface area contributed by atoms with Gasteiger partial charge in [-0.1, -0.05) is 34.1 Å². The normalized spacial score (nSPS) is 12.0. The Morgan fingerprint density at radius 1 is 1.24 bits per heavy atom. The molecule has 0 fully saturated rings. The molecule has 2 aromatic carbocycles. The van der Waals surface area contributed by atoms with Gasteiger partial charge < -0.3 is 15.2 Å². The van der Waals surface area contributed by atoms with Crippen LogP contribution in [0.2, 0.25) is 0 Å². The standard InChI is InChI=1S/C19H17BrN2O3/c1-25-16-4-2-3-12(8-16)18(11-23)22-19(24)17-9-14-7-15(20)6-5-13(14)10-21-17/h2-10,18,23H,11H2,1H3,(H,22,24). The lowest BCUT2D eigenvalue weighted by molar-refractivity contribution is 0.0911. The van der Waals surface area contributed by atoms with E-state index in [1.165, 1.54) is 0 Å². The molecule has 0 spiro atoms. The monoisotopic (exact) mass is 400 g/mol. The SMILES string of the molecule is COc1cccc(C(CO)NC(=O)c2cc3cc(Br)ccc3cn2)c1. The first-order valence-corrected chi connectivity index (χ1v) is 8.51. The molecule has 1 heterocycles. The molecule has 0 saturated carbocycles. The highest BCUT2D eigenvalue weighted by molar-refractivity contribution is 9.10. The lowest BCUT2D eigenvalue weighted by atomic mass is 10.1. The van der Waals surface area contributed by atoms with Crippen LogP contribution in [0.3, 0.4) is 0 Å². The summed E-state index contributed by atoms with van der Waals surface area (Å²) in [6.45, 7) is -0.224. The van der Waals surface area contributed by atoms with Gasteiger partial charge in [-0.25, -0.2) is 0 Å². The lowest BCUT2D eigenvalue weighted by Gasteiger charge is -2.17. The van der Waals surface area contributed by atoms with Crippen LogP contribution in [0.25, 0.3) is 10.8 Å². The Morgan fingerprint density at radius 2 is 2.08 bits per heavy atom. The van der Waals surface area contributed by atoms with Crippen LogP contribution in [0.5, 0.6) is 5.75 Å². The van der Waals surface area contributed by atoms with E-state index >= 15 is 0 Å². The van der Waals surface area contributed by atoms with Crippen molar-refractivity contribution in [3.8, 4) is 5.75 Å². The average Bonchev–Trinajstić information content (AvgIpc) is 2.65. The number of hydrogen-bond acceptors (Lipinski definition) is 4. The number of aliphatic hydroxyl groups is 1. The Labute approximate surface area is 153 Å². The van der Waals surface area contributed by atoms with Gasteiger partial charge in [0.25, 0.3) is 5.91 Å². The number of methoxy groups -OCH3 is 1. The van der Waals surface area contributed by atoms with E-state index in [2.05, 4.69) is 26.2 Å². The number of nitrogens with one attached hydrogen (secondary N) is 1. The average molecular weight is 401 g/mol. The van der Waals surface area contributed by atoms with Crippen molar-refractivity contribution in [2.75, 3.05) is 13.7 Å². The van der Waals surface area contributed by atoms with Gasteiger partial charge in [0, 0.05) is 16.1 Å². The van der Waals surface area contributed by atoms with Gasteiger partial charge in [0.2, 0.25) is 0 Å². The van der Waals surface area contributed by atoms with E-state index in [9.17, 15) is 9.90 Å². The number of carbonyl (C=O) groups excluding carboxylic acids is 1. The second-order valence-corrected chi connectivity index (χ2v) is 6.46. The zero-order chi connectivity index (χ0) is 17.8. The molecular formula is C19H17BrN2O3. The van der Waals surface area contributed by atoms with Crippen LogP contribution in [0.15, 0.2) is 59.2 Å². The molecule has 1 unspecified atom stereocenters. The number of benzene rings is 2. The number of ether oxygens (including phenoxy) is 1. The van der Waals surface area contributed by atoms with E-state index in [1.54, 1.807) is 25.4 Å². The minimum Gasteiger partial charge on any atom is -0.497 e. The Kier molecular flexibility index (Phi) is 5.31. The third-order valence-corrected chi connectivity index (χ3v) is 4.39. The van der Waals surface area contributed by atoms with Crippen molar-refractivity contribution < 1.29 is 14.6 Å². The number of carbonyl (C=O) groups is 1. The maximum Gasteiger partial charge on any atom is 0.270 e. The molecule has 0 aliphatic carbocycles. The number of aromatic nitrogens is 1. The molecule has 1 atom stereocenters. The van der Waals surface area contributed by atoms with E-state index in [0.717, 1.165) is 20.8 Å². The summed E-state index contributed by atoms with van der Waals surface area (Å²) in [6.07, 6.45) is 1.66. The van der Waals surface area contributed by atoms with Crippen LogP contribution in [0.1, 0.15) is 22.1 Å². The summed E-state index contributed by atoms with van der Waals surface area (Å²) in [7, 11) is 1.57. The molecule has 6 heteroatoms. The van der Waals surface area contributed by atoms with E-state index in [1.807, 2.05) is 36.4 Å². The van der Waals surface area contributed by atoms with E-state index in [0.29, 0.717) is 11.4 Å². The summed E-state index contributed by atoms with van der Waals surface area (Å²) >= 11 is 3.42. The number of pyridine rings is 1. The maximum atomic E-state index is 12.5. The van der Waals surface area contributed by atoms with Gasteiger partial charge in [0.1, 0.15) is 11.4 Å². The number of halogens is 1. The number of rotatable bonds is 5. The van der Waals surface area contributed by atoms with Crippen molar-refractivity contribution in [2.24, 2.45) is 0 Å². The van der Waals surface area contributed by atoms with Crippen molar-refractivity contribution in [3.63, 3.8) is 0 Å². The molecule has 128 valence electrons. The van der Waals surface area contributed by atoms with Gasteiger partial charge in [-0.2, -0.15) is 0 Å². The Morgan fingerprint density at radius 3 is 2.84 bits per heavy atom. The first-order chi connectivity index (χ1) is 12.1. The highest BCUT2D eigenvalue weighted by atomic mass is 79.9. The Bertz CT molecular complexity index is 914. The predicted octanol–water partition coefficient (Wildman–Crippen LogP) is 3.47. The molecule has 0 aliphatic heterocycles. The molecule has 2 N–H and O–H groups in total. The zero-order valence-corrected chi connectivity index (χ0v) is 15.2. The molecule has 0 radical (unpaired) electrons. The third-order valence-electron chi connectivity index (χ3n) is 3.90. The summed E-state index contributed by atoms with van der Waals surface area (Å²) in [5.74, 6) is 0.322. The Hall–Kier alpha value is -2.44. The second-order valence-electron chi connectivity index (χ2n) is 5.55. The smallest absolute Gasteiger partial charge is 0.270 e. The molecule has 0 bridgehead atoms. The fourth-order valence-corrected chi connectivity index (χ4v) is 2.94. The molecule has 1 aromatic heterocycles. The summed E-state index contributed by atoms with van der Waals surface area (Å²) in [5, 5.41) is 14.3. The maximum absolute atomic E-state index is 12.5. The molecule has 1 amide bonds. The van der Waals surface area contributed by atoms with Gasteiger partial charge in [0.05, 0.1) is 19.8 Å². The number of hydrogen-bond donors (Lipinski definition) is 2. The largest absolute Gasteiger partial charge is 0.497 e. The first-order valence-electron chi connectivity index (χ1n) is 7.71. The Balaban J connectivity index is 1.84. The third kappa shape index (κ3) is 3.97. The first kappa shape index (κ1) is 17.4. The van der Waals surface area contributed by atoms with Crippen LogP contribution in [-0.2, 0) is 0 Å². The molecule has 3 aromatic rings. The molecule has 25 heavy (non-hydrogen) atoms. The highest BCUT2D eigenvalue weighted by Gasteiger charge is 2.17. The van der Waals surface area contributed by atoms with E-state index in [4.69, 9.17) is 4.74 Å². The van der Waals surface area contributed by atoms with E-state index in [-0.39, 0.29) is 12.5 Å². The van der Waals surface area contributed by atoms with Crippen molar-refractivity contribution in [3.05, 3.63) is 70.5 Å². The van der Waals surface area contributed by atoms with Crippen molar-refractivity contribution in [1.82, 2.24) is 10.3 Å². The van der Waals surface area contributed by atoms with Gasteiger partial charge in [-0.05, 0) is 41.3 Å². The molecule has 0 aliphatic rings. The topological polar surface area (TPSA) is 71.5 Å². The fourth-order valence-electron chi connectivity index (χ4n) is 2.56. The van der Waals surface area contributed by atoms with E-state index < -0.39 is 6.04 Å². The van der Waals surface area contributed by atoms with Gasteiger partial charge in [-0.15, -0.1) is 0 Å². The van der Waals surface area contributed by atoms with Crippen LogP contribution in [-0.4, -0.2) is 29.7 Å². The van der Waals surface area contributed by atoms with Crippen LogP contribution < -0.4 is 10.1 Å². The number of aliphatic hydroxyl groups excluding tert-OH is 1. The van der Waals surface area contributed by atoms with Crippen molar-refractivity contribution in [1.29, 1.82) is 0 Å². The minimum atomic E-state index is -0.539. The number of fused-ring (bicyclic) bond motifs is 1. The van der Waals surface area contributed by atoms with Crippen LogP contribution >= 0.6 is 15.9 Å². The zero-order valence-electron chi connectivity index (χ0n) is 13.6. The van der Waals surface area contributed by atoms with Crippen molar-refractivity contribution >= 4 is 32.6 Å². The summed E-state index contributed by atoms with van der Waals surface area (Å²) < 4.78 is 6.12. The second kappa shape index (κ2) is 7.63. The highest BCUT2D eigenvalue weighted by Crippen LogP contribution is 2.21. The molecule has 0 saturated heterocycles. The minimum absolute atomic E-state index is 0.224. The van der Waals surface area contributed by atoms with Crippen LogP contribution in [0.4, 0.5) is 0 Å². The molecule has 5 nitrogen and oxygen atoms in total. The quantitative estimate of drug-likeness (QED) is 0.687. The van der Waals surface area contributed by atoms with Gasteiger partial charge in [-0.3, -0.25) is 9.78 Å². The fraction of sp³-hybridized carbons (Fsp3) is 0.158. The van der Waals surface area contributed by atoms with Gasteiger partial charge >= 0.3 is 0 Å². The number of amides is 1. The molecular weight excluding hydrogens is 384 g/mol. The lowest BCUT2D eigenvalue weighted by Crippen LogP contribution is -2.31. The summed E-state index contributed by atoms with van der Waals surface area (Å²) in [5.41, 5.74) is 1.06. The summed E-state index contributed by atoms with van der Waals surface area (Å²) in [4.78, 5) is 16.8. The number of nitrogens with zero attached hydrogens (tertiary/aromatic N) is 1. The summed E-state index contributed by atoms with van der Waals surface area (Å²) in [6, 6.07) is 14.2. The van der Waals surface area contributed by atoms with Gasteiger partial charge in [0.15, 0.2) is 0 Å². The van der Waals surface area contributed by atoms with Crippen LogP contribution in [0, 0.1) is 0 Å².